The molecule has 8 heteroatoms. The zero-order chi connectivity index (χ0) is 13.9. The van der Waals surface area contributed by atoms with Gasteiger partial charge in [-0.05, 0) is 19.9 Å². The third kappa shape index (κ3) is 6.65. The van der Waals surface area contributed by atoms with Crippen LogP contribution in [0.15, 0.2) is 12.3 Å². The number of aromatic nitrogens is 1. The van der Waals surface area contributed by atoms with Crippen molar-refractivity contribution in [2.24, 2.45) is 5.73 Å². The average Bonchev–Trinajstić information content (AvgIpc) is 2.27. The normalized spacial score (nSPS) is 14.3. The molecule has 0 fully saturated rings. The Hall–Kier alpha value is 0.710. The van der Waals surface area contributed by atoms with Crippen LogP contribution >= 0.6 is 35.6 Å². The van der Waals surface area contributed by atoms with Gasteiger partial charge in [0.05, 0.1) is 15.7 Å². The van der Waals surface area contributed by atoms with Crippen LogP contribution in [0.5, 0.6) is 0 Å². The van der Waals surface area contributed by atoms with Crippen molar-refractivity contribution in [3.05, 3.63) is 28.0 Å². The summed E-state index contributed by atoms with van der Waals surface area (Å²) >= 11 is 11.8. The Morgan fingerprint density at radius 1 is 1.35 bits per heavy atom. The van der Waals surface area contributed by atoms with E-state index < -0.39 is 12.0 Å². The van der Waals surface area contributed by atoms with Crippen molar-refractivity contribution in [3.63, 3.8) is 0 Å². The third-order valence-corrected chi connectivity index (χ3v) is 3.15. The second kappa shape index (κ2) is 10.4. The van der Waals surface area contributed by atoms with Crippen LogP contribution in [0.2, 0.25) is 10.0 Å². The number of nitrogens with two attached hydrogens (primary N) is 1. The summed E-state index contributed by atoms with van der Waals surface area (Å²) in [5.41, 5.74) is 6.08. The minimum atomic E-state index is -0.645. The van der Waals surface area contributed by atoms with Crippen LogP contribution in [0.4, 0.5) is 0 Å². The van der Waals surface area contributed by atoms with Crippen molar-refractivity contribution in [1.82, 2.24) is 4.98 Å². The number of hydrogen-bond acceptors (Lipinski definition) is 4. The van der Waals surface area contributed by atoms with Gasteiger partial charge in [0.25, 0.3) is 0 Å². The zero-order valence-corrected chi connectivity index (χ0v) is 14.3. The summed E-state index contributed by atoms with van der Waals surface area (Å²) in [7, 11) is 0. The minimum absolute atomic E-state index is 0. The van der Waals surface area contributed by atoms with E-state index in [-0.39, 0.29) is 62.2 Å². The molecule has 1 aromatic heterocycles. The summed E-state index contributed by atoms with van der Waals surface area (Å²) in [4.78, 5) is 15.6. The van der Waals surface area contributed by atoms with E-state index >= 15 is 0 Å². The summed E-state index contributed by atoms with van der Waals surface area (Å²) in [6, 6.07) is 0.968. The summed E-state index contributed by atoms with van der Waals surface area (Å²) in [6.07, 6.45) is 1.15. The Bertz CT molecular complexity index is 447. The van der Waals surface area contributed by atoms with Gasteiger partial charge in [-0.25, -0.2) is 0 Å². The maximum Gasteiger partial charge on any atom is 0.322 e. The van der Waals surface area contributed by atoms with Gasteiger partial charge < -0.3 is 10.5 Å². The molecular formula is C12H17ArCl3N2O2. The van der Waals surface area contributed by atoms with E-state index in [2.05, 4.69) is 4.98 Å². The Labute approximate surface area is 165 Å². The number of carbonyl (C=O) groups is 1. The van der Waals surface area contributed by atoms with E-state index in [0.717, 1.165) is 0 Å². The molecule has 0 amide bonds. The van der Waals surface area contributed by atoms with E-state index in [1.54, 1.807) is 19.9 Å². The van der Waals surface area contributed by atoms with E-state index in [1.165, 1.54) is 6.20 Å². The van der Waals surface area contributed by atoms with Crippen molar-refractivity contribution in [1.29, 1.82) is 0 Å². The van der Waals surface area contributed by atoms with Gasteiger partial charge in [-0.2, -0.15) is 0 Å². The number of carbonyl (C=O) groups excluding carboxylic acids is 1. The number of nitrogens with zero attached hydrogens (tertiary/aromatic N) is 1. The Morgan fingerprint density at radius 2 is 1.90 bits per heavy atom. The second-order valence-corrected chi connectivity index (χ2v) is 5.08. The SMILES string of the molecule is CC(OC(=O)[C@H](C)N)C(C)c1ncc(Cl)cc1Cl.Cl.[Ar]. The molecule has 4 nitrogen and oxygen atoms in total. The van der Waals surface area contributed by atoms with Crippen molar-refractivity contribution < 1.29 is 47.3 Å². The fourth-order valence-electron chi connectivity index (χ4n) is 1.38. The van der Waals surface area contributed by atoms with E-state index in [1.807, 2.05) is 6.92 Å². The van der Waals surface area contributed by atoms with Crippen LogP contribution in [-0.2, 0) is 9.53 Å². The molecule has 0 aliphatic heterocycles. The van der Waals surface area contributed by atoms with Gasteiger partial charge in [0.2, 0.25) is 0 Å². The predicted molar refractivity (Wildman–Crippen MR) is 79.1 cm³/mol. The quantitative estimate of drug-likeness (QED) is 0.830. The standard InChI is InChI=1S/C12H16Cl2N2O2.Ar.ClH/c1-6(8(3)18-12(17)7(2)15)11-10(14)4-9(13)5-16-11;;/h4-8H,15H2,1-3H3;;1H/t6?,7-,8?;;/m0../s1. The van der Waals surface area contributed by atoms with Crippen molar-refractivity contribution >= 4 is 41.6 Å². The van der Waals surface area contributed by atoms with Gasteiger partial charge >= 0.3 is 5.97 Å². The molecule has 1 aromatic rings. The molecule has 0 aliphatic rings. The Balaban J connectivity index is 0. The minimum Gasteiger partial charge on any atom is -0.461 e. The molecule has 0 saturated carbocycles. The molecule has 0 spiro atoms. The number of ether oxygens (including phenoxy) is 1. The Kier molecular flexibility index (Phi) is 12.0. The predicted octanol–water partition coefficient (Wildman–Crippen LogP) is 3.19. The third-order valence-electron chi connectivity index (χ3n) is 2.65. The number of esters is 1. The summed E-state index contributed by atoms with van der Waals surface area (Å²) in [6.45, 7) is 5.23. The van der Waals surface area contributed by atoms with Crippen LogP contribution in [0.3, 0.4) is 0 Å². The van der Waals surface area contributed by atoms with Crippen LogP contribution in [-0.4, -0.2) is 23.1 Å². The molecule has 2 unspecified atom stereocenters. The second-order valence-electron chi connectivity index (χ2n) is 4.24. The Morgan fingerprint density at radius 3 is 2.35 bits per heavy atom. The largest absolute Gasteiger partial charge is 0.461 e. The molecule has 2 N–H and O–H groups in total. The maximum absolute atomic E-state index is 11.4. The molecule has 20 heavy (non-hydrogen) atoms. The topological polar surface area (TPSA) is 65.2 Å². The molecule has 0 aliphatic carbocycles. The van der Waals surface area contributed by atoms with Crippen LogP contribution in [0.25, 0.3) is 0 Å². The summed E-state index contributed by atoms with van der Waals surface area (Å²) < 4.78 is 5.22. The van der Waals surface area contributed by atoms with Crippen LogP contribution in [0, 0.1) is 37.7 Å². The van der Waals surface area contributed by atoms with Gasteiger partial charge in [0.1, 0.15) is 12.1 Å². The molecule has 0 aromatic carbocycles. The van der Waals surface area contributed by atoms with E-state index in [9.17, 15) is 4.79 Å². The molecule has 116 valence electrons. The molecule has 3 atom stereocenters. The van der Waals surface area contributed by atoms with Crippen LogP contribution < -0.4 is 5.73 Å². The maximum atomic E-state index is 11.4. The molecule has 0 saturated heterocycles. The van der Waals surface area contributed by atoms with E-state index in [4.69, 9.17) is 33.7 Å². The fraction of sp³-hybridized carbons (Fsp3) is 0.500. The number of rotatable bonds is 4. The fourth-order valence-corrected chi connectivity index (χ4v) is 1.93. The first-order valence-corrected chi connectivity index (χ1v) is 6.35. The molecule has 1 heterocycles. The van der Waals surface area contributed by atoms with Gasteiger partial charge in [0, 0.05) is 49.9 Å². The zero-order valence-electron chi connectivity index (χ0n) is 11.2. The summed E-state index contributed by atoms with van der Waals surface area (Å²) in [5, 5.41) is 0.926. The van der Waals surface area contributed by atoms with Crippen LogP contribution in [0.1, 0.15) is 32.4 Å². The molecule has 1 rings (SSSR count). The van der Waals surface area contributed by atoms with Gasteiger partial charge in [0.15, 0.2) is 0 Å². The van der Waals surface area contributed by atoms with Gasteiger partial charge in [-0.15, -0.1) is 12.4 Å². The molecular weight excluding hydrogens is 350 g/mol. The van der Waals surface area contributed by atoms with Crippen molar-refractivity contribution in [2.45, 2.75) is 38.8 Å². The molecule has 0 radical (unpaired) electrons. The number of hydrogen-bond donors (Lipinski definition) is 1. The van der Waals surface area contributed by atoms with Gasteiger partial charge in [-0.1, -0.05) is 30.1 Å². The summed E-state index contributed by atoms with van der Waals surface area (Å²) in [5.74, 6) is -0.586. The smallest absolute Gasteiger partial charge is 0.322 e. The van der Waals surface area contributed by atoms with Crippen molar-refractivity contribution in [2.75, 3.05) is 0 Å². The average molecular weight is 368 g/mol. The van der Waals surface area contributed by atoms with E-state index in [0.29, 0.717) is 15.7 Å². The first kappa shape index (κ1) is 23.0. The van der Waals surface area contributed by atoms with Crippen molar-refractivity contribution in [3.8, 4) is 0 Å². The first-order chi connectivity index (χ1) is 8.32. The molecule has 0 bridgehead atoms. The van der Waals surface area contributed by atoms with Gasteiger partial charge in [-0.3, -0.25) is 9.78 Å². The number of halogens is 3. The first-order valence-electron chi connectivity index (χ1n) is 5.60. The monoisotopic (exact) mass is 366 g/mol. The number of pyridine rings is 1.